The SMILES string of the molecule is Cc1nc(-c2cccc(-c3nc4sccn4c3-c3ccnc(N[C@@H]4CCCN(C(=O)OC(C)(C)C)C4)n3)c2)no1.[C-]#[N+]c1cccc(-c2nc3sccn3c2-c2ccnc(N[C@@H]3CCCN(C(=O)OC(C)(C)C)C3)n2)c1. The molecule has 2 amide bonds. The highest BCUT2D eigenvalue weighted by Gasteiger charge is 2.30. The molecule has 0 bridgehead atoms. The van der Waals surface area contributed by atoms with E-state index in [0.29, 0.717) is 55.5 Å². The van der Waals surface area contributed by atoms with Crippen LogP contribution in [-0.2, 0) is 9.47 Å². The molecule has 2 aliphatic heterocycles. The number of hydrogen-bond acceptors (Lipinski definition) is 17. The zero-order valence-electron chi connectivity index (χ0n) is 43.2. The third kappa shape index (κ3) is 11.8. The fourth-order valence-electron chi connectivity index (χ4n) is 9.07. The zero-order valence-corrected chi connectivity index (χ0v) is 44.9. The lowest BCUT2D eigenvalue weighted by molar-refractivity contribution is 0.0196. The number of anilines is 2. The molecule has 20 nitrogen and oxygen atoms in total. The number of imidazole rings is 2. The molecule has 22 heteroatoms. The van der Waals surface area contributed by atoms with Crippen molar-refractivity contribution >= 4 is 62.4 Å². The molecule has 390 valence electrons. The second kappa shape index (κ2) is 21.5. The number of thiazole rings is 2. The number of amides is 2. The fourth-order valence-corrected chi connectivity index (χ4v) is 10.5. The van der Waals surface area contributed by atoms with Crippen molar-refractivity contribution in [2.45, 2.75) is 97.4 Å². The third-order valence-corrected chi connectivity index (χ3v) is 13.8. The molecule has 11 rings (SSSR count). The summed E-state index contributed by atoms with van der Waals surface area (Å²) < 4.78 is 20.4. The summed E-state index contributed by atoms with van der Waals surface area (Å²) in [5, 5.41) is 14.9. The molecule has 76 heavy (non-hydrogen) atoms. The van der Waals surface area contributed by atoms with E-state index in [1.54, 1.807) is 57.9 Å². The minimum absolute atomic E-state index is 0.0118. The van der Waals surface area contributed by atoms with Crippen molar-refractivity contribution in [2.75, 3.05) is 36.8 Å². The number of benzene rings is 2. The number of hydrogen-bond donors (Lipinski definition) is 2. The van der Waals surface area contributed by atoms with Crippen LogP contribution in [0.4, 0.5) is 27.2 Å². The van der Waals surface area contributed by atoms with Gasteiger partial charge in [-0.1, -0.05) is 41.6 Å². The predicted molar refractivity (Wildman–Crippen MR) is 292 cm³/mol. The summed E-state index contributed by atoms with van der Waals surface area (Å²) in [5.41, 5.74) is 6.86. The van der Waals surface area contributed by atoms with Crippen LogP contribution in [0.1, 0.15) is 73.1 Å². The molecule has 0 radical (unpaired) electrons. The molecule has 2 aromatic carbocycles. The number of nitrogens with one attached hydrogen (secondary N) is 2. The van der Waals surface area contributed by atoms with E-state index >= 15 is 0 Å². The molecule has 2 fully saturated rings. The molecular formula is C54H57N15O5S2. The summed E-state index contributed by atoms with van der Waals surface area (Å²) in [5.74, 6) is 2.04. The van der Waals surface area contributed by atoms with Crippen LogP contribution < -0.4 is 10.6 Å². The average molecular weight is 1060 g/mol. The largest absolute Gasteiger partial charge is 0.444 e. The molecule has 0 unspecified atom stereocenters. The molecule has 9 heterocycles. The Balaban J connectivity index is 0.000000174. The number of piperidine rings is 2. The van der Waals surface area contributed by atoms with Crippen LogP contribution in [0, 0.1) is 13.5 Å². The topological polar surface area (TPSA) is 213 Å². The first-order chi connectivity index (χ1) is 36.5. The summed E-state index contributed by atoms with van der Waals surface area (Å²) >= 11 is 3.10. The number of aryl methyl sites for hydroxylation is 1. The number of rotatable bonds is 9. The number of likely N-dealkylation sites (tertiary alicyclic amines) is 2. The lowest BCUT2D eigenvalue weighted by atomic mass is 10.0. The van der Waals surface area contributed by atoms with Crippen molar-refractivity contribution < 1.29 is 23.6 Å². The summed E-state index contributed by atoms with van der Waals surface area (Å²) in [6, 6.07) is 19.2. The van der Waals surface area contributed by atoms with Crippen molar-refractivity contribution in [3.8, 4) is 56.7 Å². The van der Waals surface area contributed by atoms with Crippen molar-refractivity contribution in [1.82, 2.24) is 58.6 Å². The van der Waals surface area contributed by atoms with Gasteiger partial charge in [0.25, 0.3) is 0 Å². The van der Waals surface area contributed by atoms with Crippen molar-refractivity contribution in [3.63, 3.8) is 0 Å². The minimum atomic E-state index is -0.533. The molecule has 9 aromatic rings. The average Bonchev–Trinajstić information content (AvgIpc) is 4.27. The van der Waals surface area contributed by atoms with E-state index in [1.807, 2.05) is 128 Å². The maximum Gasteiger partial charge on any atom is 0.410 e. The van der Waals surface area contributed by atoms with Gasteiger partial charge in [0.2, 0.25) is 23.6 Å². The van der Waals surface area contributed by atoms with Crippen molar-refractivity contribution in [3.05, 3.63) is 114 Å². The van der Waals surface area contributed by atoms with E-state index in [-0.39, 0.29) is 24.3 Å². The number of aromatic nitrogens is 10. The van der Waals surface area contributed by atoms with Crippen LogP contribution in [0.15, 0.2) is 101 Å². The Kier molecular flexibility index (Phi) is 14.5. The van der Waals surface area contributed by atoms with Gasteiger partial charge >= 0.3 is 12.2 Å². The third-order valence-electron chi connectivity index (χ3n) is 12.3. The van der Waals surface area contributed by atoms with Gasteiger partial charge in [-0.15, -0.1) is 22.7 Å². The highest BCUT2D eigenvalue weighted by molar-refractivity contribution is 7.15. The summed E-state index contributed by atoms with van der Waals surface area (Å²) in [7, 11) is 0. The van der Waals surface area contributed by atoms with E-state index in [4.69, 9.17) is 40.5 Å². The number of nitrogens with zero attached hydrogens (tertiary/aromatic N) is 13. The molecule has 7 aromatic heterocycles. The maximum absolute atomic E-state index is 12.6. The highest BCUT2D eigenvalue weighted by Crippen LogP contribution is 2.37. The monoisotopic (exact) mass is 1060 g/mol. The number of fused-ring (bicyclic) bond motifs is 2. The Hall–Kier alpha value is -8.29. The Morgan fingerprint density at radius 2 is 1.18 bits per heavy atom. The first-order valence-electron chi connectivity index (χ1n) is 25.0. The van der Waals surface area contributed by atoms with E-state index < -0.39 is 11.2 Å². The highest BCUT2D eigenvalue weighted by atomic mass is 32.1. The molecule has 0 aliphatic carbocycles. The zero-order chi connectivity index (χ0) is 53.1. The lowest BCUT2D eigenvalue weighted by Gasteiger charge is -2.34. The van der Waals surface area contributed by atoms with E-state index in [9.17, 15) is 9.59 Å². The van der Waals surface area contributed by atoms with E-state index in [0.717, 1.165) is 86.5 Å². The van der Waals surface area contributed by atoms with Crippen LogP contribution >= 0.6 is 22.7 Å². The van der Waals surface area contributed by atoms with Crippen molar-refractivity contribution in [1.29, 1.82) is 0 Å². The summed E-state index contributed by atoms with van der Waals surface area (Å²) in [4.78, 5) is 66.7. The lowest BCUT2D eigenvalue weighted by Crippen LogP contribution is -2.47. The molecule has 2 aliphatic rings. The Labute approximate surface area is 447 Å². The van der Waals surface area contributed by atoms with Gasteiger partial charge in [-0.05, 0) is 97.1 Å². The second-order valence-corrected chi connectivity index (χ2v) is 22.2. The molecule has 2 N–H and O–H groups in total. The summed E-state index contributed by atoms with van der Waals surface area (Å²) in [6.45, 7) is 22.8. The number of carbonyl (C=O) groups is 2. The normalized spacial score (nSPS) is 16.0. The van der Waals surface area contributed by atoms with Gasteiger partial charge in [0.15, 0.2) is 15.6 Å². The van der Waals surface area contributed by atoms with Gasteiger partial charge in [-0.2, -0.15) is 4.98 Å². The standard InChI is InChI=1S/C28H30N8O3S.C26H27N7O2S/c1-17-30-24(34-39-17)19-8-5-7-18(15-19)22-23(36-13-14-40-26(36)33-22)21-10-11-29-25(32-21)31-20-9-6-12-35(16-20)27(37)38-28(2,3)4;1-26(2,3)35-25(34)32-12-6-9-19(16-32)29-23-28-11-10-20(30-23)22-21(31-24-33(22)13-14-36-24)17-7-5-8-18(15-17)27-4/h5,7-8,10-11,13-15,20H,6,9,12,16H2,1-4H3,(H,29,31,32);5,7-8,10-11,13-15,19H,6,9,12,16H2,1-3H3,(H,28,29,30)/t20-;19-/m11/s1. The van der Waals surface area contributed by atoms with Gasteiger partial charge in [0, 0.05) is 91.9 Å². The number of carbonyl (C=O) groups excluding carboxylic acids is 2. The molecule has 0 saturated carbocycles. The Bertz CT molecular complexity index is 3580. The van der Waals surface area contributed by atoms with E-state index in [1.165, 1.54) is 0 Å². The van der Waals surface area contributed by atoms with Crippen LogP contribution in [0.3, 0.4) is 0 Å². The van der Waals surface area contributed by atoms with E-state index in [2.05, 4.69) is 35.6 Å². The first kappa shape index (κ1) is 51.2. The molecular weight excluding hydrogens is 1000 g/mol. The summed E-state index contributed by atoms with van der Waals surface area (Å²) in [6.07, 6.45) is 10.4. The van der Waals surface area contributed by atoms with Crippen LogP contribution in [0.5, 0.6) is 0 Å². The van der Waals surface area contributed by atoms with Crippen LogP contribution in [-0.4, -0.2) is 120 Å². The second-order valence-electron chi connectivity index (χ2n) is 20.5. The Morgan fingerprint density at radius 3 is 1.67 bits per heavy atom. The smallest absolute Gasteiger partial charge is 0.410 e. The van der Waals surface area contributed by atoms with Gasteiger partial charge in [0.1, 0.15) is 22.6 Å². The molecule has 0 spiro atoms. The predicted octanol–water partition coefficient (Wildman–Crippen LogP) is 11.6. The number of ether oxygens (including phenoxy) is 2. The van der Waals surface area contributed by atoms with Gasteiger partial charge in [-0.3, -0.25) is 8.80 Å². The first-order valence-corrected chi connectivity index (χ1v) is 26.8. The quantitative estimate of drug-likeness (QED) is 0.129. The molecule has 2 saturated heterocycles. The Morgan fingerprint density at radius 1 is 0.684 bits per heavy atom. The van der Waals surface area contributed by atoms with Gasteiger partial charge in [-0.25, -0.2) is 44.3 Å². The van der Waals surface area contributed by atoms with Gasteiger partial charge in [0.05, 0.1) is 29.3 Å². The minimum Gasteiger partial charge on any atom is -0.444 e. The molecule has 2 atom stereocenters. The van der Waals surface area contributed by atoms with Crippen LogP contribution in [0.25, 0.3) is 71.4 Å². The fraction of sp³-hybridized carbons (Fsp3) is 0.352. The van der Waals surface area contributed by atoms with Crippen LogP contribution in [0.2, 0.25) is 0 Å². The maximum atomic E-state index is 12.6. The van der Waals surface area contributed by atoms with Gasteiger partial charge < -0.3 is 34.4 Å². The van der Waals surface area contributed by atoms with Crippen molar-refractivity contribution in [2.24, 2.45) is 0 Å².